The molecule has 1 N–H and O–H groups in total. The molecule has 1 saturated carbocycles. The number of nitro groups is 1. The fraction of sp³-hybridized carbons (Fsp3) is 0.500. The average molecular weight is 378 g/mol. The zero-order valence-corrected chi connectivity index (χ0v) is 13.0. The fourth-order valence-corrected chi connectivity index (χ4v) is 3.69. The standard InChI is InChI=1S/C12H15IN2O2S/c1-18-10-4-2-8(6-10)14-12-5-3-9(15(16)17)7-11(12)13/h3,5,7-8,10,14H,2,4,6H2,1H3. The number of nitro benzene ring substituents is 1. The van der Waals surface area contributed by atoms with E-state index in [2.05, 4.69) is 34.2 Å². The van der Waals surface area contributed by atoms with Crippen molar-refractivity contribution in [1.29, 1.82) is 0 Å². The minimum Gasteiger partial charge on any atom is -0.381 e. The van der Waals surface area contributed by atoms with Gasteiger partial charge in [0.25, 0.3) is 5.69 Å². The lowest BCUT2D eigenvalue weighted by Gasteiger charge is -2.15. The number of halogens is 1. The Kier molecular flexibility index (Phi) is 4.71. The molecule has 0 aliphatic heterocycles. The molecule has 2 atom stereocenters. The summed E-state index contributed by atoms with van der Waals surface area (Å²) in [5, 5.41) is 14.9. The van der Waals surface area contributed by atoms with Crippen molar-refractivity contribution < 1.29 is 4.92 Å². The van der Waals surface area contributed by atoms with Crippen molar-refractivity contribution in [3.05, 3.63) is 31.9 Å². The van der Waals surface area contributed by atoms with Crippen LogP contribution in [0.15, 0.2) is 18.2 Å². The topological polar surface area (TPSA) is 55.2 Å². The van der Waals surface area contributed by atoms with Gasteiger partial charge in [-0.1, -0.05) is 0 Å². The number of hydrogen-bond acceptors (Lipinski definition) is 4. The van der Waals surface area contributed by atoms with Crippen LogP contribution in [0.5, 0.6) is 0 Å². The van der Waals surface area contributed by atoms with Crippen molar-refractivity contribution in [3.8, 4) is 0 Å². The first kappa shape index (κ1) is 13.9. The Morgan fingerprint density at radius 1 is 1.50 bits per heavy atom. The second-order valence-corrected chi connectivity index (χ2v) is 6.73. The second-order valence-electron chi connectivity index (χ2n) is 4.43. The van der Waals surface area contributed by atoms with Crippen LogP contribution in [0.25, 0.3) is 0 Å². The smallest absolute Gasteiger partial charge is 0.270 e. The largest absolute Gasteiger partial charge is 0.381 e. The predicted molar refractivity (Wildman–Crippen MR) is 84.4 cm³/mol. The number of nitrogens with one attached hydrogen (secondary N) is 1. The molecule has 4 nitrogen and oxygen atoms in total. The van der Waals surface area contributed by atoms with Crippen molar-refractivity contribution in [1.82, 2.24) is 0 Å². The van der Waals surface area contributed by atoms with Crippen molar-refractivity contribution in [2.45, 2.75) is 30.6 Å². The molecule has 0 spiro atoms. The van der Waals surface area contributed by atoms with Gasteiger partial charge in [0.05, 0.1) is 4.92 Å². The van der Waals surface area contributed by atoms with E-state index < -0.39 is 0 Å². The Balaban J connectivity index is 2.04. The number of rotatable bonds is 4. The Morgan fingerprint density at radius 2 is 2.28 bits per heavy atom. The van der Waals surface area contributed by atoms with Gasteiger partial charge in [-0.3, -0.25) is 10.1 Å². The quantitative estimate of drug-likeness (QED) is 0.491. The van der Waals surface area contributed by atoms with E-state index >= 15 is 0 Å². The molecule has 6 heteroatoms. The minimum absolute atomic E-state index is 0.151. The Hall–Kier alpha value is -0.500. The maximum Gasteiger partial charge on any atom is 0.270 e. The molecule has 2 rings (SSSR count). The van der Waals surface area contributed by atoms with E-state index in [4.69, 9.17) is 0 Å². The first-order valence-electron chi connectivity index (χ1n) is 5.83. The summed E-state index contributed by atoms with van der Waals surface area (Å²) in [6.07, 6.45) is 5.76. The van der Waals surface area contributed by atoms with Crippen molar-refractivity contribution >= 4 is 45.7 Å². The lowest BCUT2D eigenvalue weighted by molar-refractivity contribution is -0.384. The molecule has 0 bridgehead atoms. The van der Waals surface area contributed by atoms with Gasteiger partial charge in [-0.2, -0.15) is 11.8 Å². The Labute approximate surface area is 124 Å². The van der Waals surface area contributed by atoms with Gasteiger partial charge >= 0.3 is 0 Å². The molecule has 0 amide bonds. The molecule has 2 unspecified atom stereocenters. The van der Waals surface area contributed by atoms with Gasteiger partial charge in [-0.15, -0.1) is 0 Å². The number of benzene rings is 1. The maximum atomic E-state index is 10.7. The summed E-state index contributed by atoms with van der Waals surface area (Å²) < 4.78 is 0.911. The fourth-order valence-electron chi connectivity index (χ4n) is 2.24. The number of hydrogen-bond donors (Lipinski definition) is 1. The molecule has 0 saturated heterocycles. The summed E-state index contributed by atoms with van der Waals surface area (Å²) in [6, 6.07) is 5.49. The molecular weight excluding hydrogens is 363 g/mol. The highest BCUT2D eigenvalue weighted by atomic mass is 127. The number of anilines is 1. The van der Waals surface area contributed by atoms with E-state index in [9.17, 15) is 10.1 Å². The zero-order valence-electron chi connectivity index (χ0n) is 10.1. The van der Waals surface area contributed by atoms with Crippen LogP contribution in [0.4, 0.5) is 11.4 Å². The van der Waals surface area contributed by atoms with Crippen LogP contribution in [0.1, 0.15) is 19.3 Å². The number of nitrogens with zero attached hydrogens (tertiary/aromatic N) is 1. The molecule has 1 aliphatic rings. The SMILES string of the molecule is CSC1CCC(Nc2ccc([N+](=O)[O-])cc2I)C1. The third kappa shape index (κ3) is 3.28. The van der Waals surface area contributed by atoms with Crippen LogP contribution in [0.3, 0.4) is 0 Å². The van der Waals surface area contributed by atoms with Crippen LogP contribution in [0.2, 0.25) is 0 Å². The zero-order chi connectivity index (χ0) is 13.1. The molecule has 18 heavy (non-hydrogen) atoms. The van der Waals surface area contributed by atoms with Crippen LogP contribution in [-0.2, 0) is 0 Å². The second kappa shape index (κ2) is 6.10. The Bertz CT molecular complexity index is 456. The van der Waals surface area contributed by atoms with Gasteiger partial charge in [-0.05, 0) is 54.2 Å². The van der Waals surface area contributed by atoms with Crippen LogP contribution in [0, 0.1) is 13.7 Å². The van der Waals surface area contributed by atoms with Gasteiger partial charge in [-0.25, -0.2) is 0 Å². The maximum absolute atomic E-state index is 10.7. The van der Waals surface area contributed by atoms with E-state index in [0.29, 0.717) is 6.04 Å². The normalized spacial score (nSPS) is 23.0. The van der Waals surface area contributed by atoms with E-state index in [-0.39, 0.29) is 10.6 Å². The lowest BCUT2D eigenvalue weighted by Crippen LogP contribution is -2.16. The van der Waals surface area contributed by atoms with Crippen molar-refractivity contribution in [2.24, 2.45) is 0 Å². The van der Waals surface area contributed by atoms with E-state index in [1.54, 1.807) is 12.1 Å². The van der Waals surface area contributed by atoms with E-state index in [0.717, 1.165) is 14.5 Å². The summed E-state index contributed by atoms with van der Waals surface area (Å²) in [4.78, 5) is 10.3. The first-order valence-corrected chi connectivity index (χ1v) is 8.20. The molecule has 1 aliphatic carbocycles. The molecule has 0 aromatic heterocycles. The van der Waals surface area contributed by atoms with Crippen LogP contribution in [-0.4, -0.2) is 22.5 Å². The van der Waals surface area contributed by atoms with Gasteiger partial charge in [0.2, 0.25) is 0 Å². The summed E-state index contributed by atoms with van der Waals surface area (Å²) in [5.74, 6) is 0. The monoisotopic (exact) mass is 378 g/mol. The lowest BCUT2D eigenvalue weighted by atomic mass is 10.2. The highest BCUT2D eigenvalue weighted by molar-refractivity contribution is 14.1. The summed E-state index contributed by atoms with van der Waals surface area (Å²) in [5.41, 5.74) is 1.16. The molecule has 0 radical (unpaired) electrons. The predicted octanol–water partition coefficient (Wildman–Crippen LogP) is 3.90. The van der Waals surface area contributed by atoms with Gasteiger partial charge in [0, 0.05) is 32.7 Å². The molecular formula is C12H15IN2O2S. The van der Waals surface area contributed by atoms with E-state index in [1.807, 2.05) is 17.8 Å². The van der Waals surface area contributed by atoms with E-state index in [1.165, 1.54) is 19.3 Å². The van der Waals surface area contributed by atoms with Gasteiger partial charge in [0.15, 0.2) is 0 Å². The third-order valence-electron chi connectivity index (χ3n) is 3.24. The third-order valence-corrected chi connectivity index (χ3v) is 5.23. The molecule has 0 heterocycles. The van der Waals surface area contributed by atoms with Crippen molar-refractivity contribution in [2.75, 3.05) is 11.6 Å². The molecule has 1 aromatic carbocycles. The summed E-state index contributed by atoms with van der Waals surface area (Å²) in [7, 11) is 0. The number of thioether (sulfide) groups is 1. The summed E-state index contributed by atoms with van der Waals surface area (Å²) >= 11 is 4.07. The van der Waals surface area contributed by atoms with Gasteiger partial charge in [0.1, 0.15) is 0 Å². The van der Waals surface area contributed by atoms with Crippen molar-refractivity contribution in [3.63, 3.8) is 0 Å². The molecule has 98 valence electrons. The minimum atomic E-state index is -0.356. The highest BCUT2D eigenvalue weighted by Crippen LogP contribution is 2.32. The summed E-state index contributed by atoms with van der Waals surface area (Å²) in [6.45, 7) is 0. The van der Waals surface area contributed by atoms with Gasteiger partial charge < -0.3 is 5.32 Å². The number of non-ortho nitro benzene ring substituents is 1. The van der Waals surface area contributed by atoms with Crippen LogP contribution >= 0.6 is 34.4 Å². The highest BCUT2D eigenvalue weighted by Gasteiger charge is 2.24. The Morgan fingerprint density at radius 3 is 2.83 bits per heavy atom. The van der Waals surface area contributed by atoms with Crippen LogP contribution < -0.4 is 5.32 Å². The molecule has 1 aromatic rings. The molecule has 1 fully saturated rings. The first-order chi connectivity index (χ1) is 8.60. The average Bonchev–Trinajstić information content (AvgIpc) is 2.79.